The summed E-state index contributed by atoms with van der Waals surface area (Å²) >= 11 is 0. The molecule has 1 atom stereocenters. The van der Waals surface area contributed by atoms with Gasteiger partial charge in [-0.3, -0.25) is 9.76 Å². The second-order valence-corrected chi connectivity index (χ2v) is 5.52. The van der Waals surface area contributed by atoms with Crippen LogP contribution in [0.5, 0.6) is 17.4 Å². The first kappa shape index (κ1) is 14.3. The van der Waals surface area contributed by atoms with Crippen LogP contribution in [0.2, 0.25) is 0 Å². The van der Waals surface area contributed by atoms with Crippen LogP contribution in [0.1, 0.15) is 0 Å². The molecule has 0 saturated heterocycles. The normalized spacial score (nSPS) is 12.0. The standard InChI is InChI=1S/C15H13N3O3S/c1-20-15-14-12(6-8-18-15)13(7-9-17-14)21-10-2-4-11(5-3-10)22(16)19/h2-9,16,22H,1H3. The number of rotatable bonds is 4. The SMILES string of the molecule is COc1nccc2c(Oc3ccc([SH](=N)=O)cc3)ccnc12. The topological polar surface area (TPSA) is 85.2 Å². The summed E-state index contributed by atoms with van der Waals surface area (Å²) in [5.74, 6) is 1.64. The number of nitrogens with one attached hydrogen (secondary N) is 1. The third-order valence-electron chi connectivity index (χ3n) is 3.08. The highest BCUT2D eigenvalue weighted by molar-refractivity contribution is 7.73. The Balaban J connectivity index is 2.00. The Morgan fingerprint density at radius 3 is 2.45 bits per heavy atom. The summed E-state index contributed by atoms with van der Waals surface area (Å²) in [6.07, 6.45) is 3.25. The summed E-state index contributed by atoms with van der Waals surface area (Å²) in [4.78, 5) is 8.84. The van der Waals surface area contributed by atoms with Gasteiger partial charge in [-0.05, 0) is 36.4 Å². The van der Waals surface area contributed by atoms with Crippen molar-refractivity contribution in [3.8, 4) is 17.4 Å². The third-order valence-corrected chi connectivity index (χ3v) is 3.85. The minimum atomic E-state index is -2.09. The Morgan fingerprint density at radius 2 is 1.77 bits per heavy atom. The van der Waals surface area contributed by atoms with E-state index in [1.165, 1.54) is 7.11 Å². The molecule has 3 aromatic rings. The van der Waals surface area contributed by atoms with Gasteiger partial charge in [0.2, 0.25) is 5.88 Å². The van der Waals surface area contributed by atoms with Crippen LogP contribution in [0.3, 0.4) is 0 Å². The van der Waals surface area contributed by atoms with Gasteiger partial charge < -0.3 is 9.47 Å². The molecule has 0 amide bonds. The number of fused-ring (bicyclic) bond motifs is 1. The number of benzene rings is 1. The average Bonchev–Trinajstić information content (AvgIpc) is 2.55. The fourth-order valence-corrected chi connectivity index (χ4v) is 2.46. The lowest BCUT2D eigenvalue weighted by molar-refractivity contribution is 0.402. The van der Waals surface area contributed by atoms with Gasteiger partial charge in [0.1, 0.15) is 17.0 Å². The molecule has 3 rings (SSSR count). The number of methoxy groups -OCH3 is 1. The highest BCUT2D eigenvalue weighted by atomic mass is 32.2. The van der Waals surface area contributed by atoms with E-state index in [1.807, 2.05) is 0 Å². The van der Waals surface area contributed by atoms with Crippen LogP contribution in [-0.2, 0) is 10.6 Å². The van der Waals surface area contributed by atoms with Gasteiger partial charge in [-0.1, -0.05) is 0 Å². The van der Waals surface area contributed by atoms with E-state index < -0.39 is 10.6 Å². The predicted octanol–water partition coefficient (Wildman–Crippen LogP) is 3.03. The predicted molar refractivity (Wildman–Crippen MR) is 83.1 cm³/mol. The van der Waals surface area contributed by atoms with Crippen molar-refractivity contribution in [1.29, 1.82) is 4.78 Å². The van der Waals surface area contributed by atoms with Crippen molar-refractivity contribution < 1.29 is 13.7 Å². The molecule has 0 aliphatic rings. The zero-order valence-electron chi connectivity index (χ0n) is 11.7. The number of ether oxygens (including phenoxy) is 2. The first-order valence-corrected chi connectivity index (χ1v) is 7.69. The van der Waals surface area contributed by atoms with E-state index in [9.17, 15) is 4.21 Å². The number of pyridine rings is 2. The quantitative estimate of drug-likeness (QED) is 0.723. The van der Waals surface area contributed by atoms with Crippen LogP contribution in [0.4, 0.5) is 0 Å². The summed E-state index contributed by atoms with van der Waals surface area (Å²) < 4.78 is 29.3. The molecule has 0 radical (unpaired) electrons. The third kappa shape index (κ3) is 2.71. The molecule has 0 bridgehead atoms. The number of nitrogens with zero attached hydrogens (tertiary/aromatic N) is 2. The minimum absolute atomic E-state index is 0.435. The van der Waals surface area contributed by atoms with Gasteiger partial charge in [0, 0.05) is 17.3 Å². The highest BCUT2D eigenvalue weighted by Crippen LogP contribution is 2.31. The van der Waals surface area contributed by atoms with Crippen molar-refractivity contribution in [3.05, 3.63) is 48.8 Å². The van der Waals surface area contributed by atoms with E-state index in [-0.39, 0.29) is 0 Å². The van der Waals surface area contributed by atoms with Crippen molar-refractivity contribution in [2.75, 3.05) is 7.11 Å². The number of aromatic nitrogens is 2. The fourth-order valence-electron chi connectivity index (χ4n) is 2.04. The summed E-state index contributed by atoms with van der Waals surface area (Å²) in [5.41, 5.74) is 0.619. The smallest absolute Gasteiger partial charge is 0.240 e. The molecule has 0 saturated carbocycles. The molecule has 1 unspecified atom stereocenters. The molecule has 2 heterocycles. The Bertz CT molecular complexity index is 884. The summed E-state index contributed by atoms with van der Waals surface area (Å²) in [6.45, 7) is 0. The molecule has 0 aliphatic carbocycles. The maximum Gasteiger partial charge on any atom is 0.240 e. The molecule has 0 fully saturated rings. The van der Waals surface area contributed by atoms with Crippen LogP contribution in [0.15, 0.2) is 53.7 Å². The maximum atomic E-state index is 11.1. The van der Waals surface area contributed by atoms with Gasteiger partial charge >= 0.3 is 0 Å². The van der Waals surface area contributed by atoms with E-state index in [4.69, 9.17) is 14.3 Å². The molecule has 7 heteroatoms. The lowest BCUT2D eigenvalue weighted by atomic mass is 10.2. The molecule has 22 heavy (non-hydrogen) atoms. The second kappa shape index (κ2) is 5.98. The largest absolute Gasteiger partial charge is 0.479 e. The number of thiol groups is 1. The Morgan fingerprint density at radius 1 is 1.05 bits per heavy atom. The van der Waals surface area contributed by atoms with Gasteiger partial charge in [0.15, 0.2) is 0 Å². The minimum Gasteiger partial charge on any atom is -0.479 e. The average molecular weight is 315 g/mol. The first-order chi connectivity index (χ1) is 10.7. The van der Waals surface area contributed by atoms with E-state index in [0.717, 1.165) is 5.39 Å². The van der Waals surface area contributed by atoms with Crippen LogP contribution in [0.25, 0.3) is 10.9 Å². The highest BCUT2D eigenvalue weighted by Gasteiger charge is 2.09. The maximum absolute atomic E-state index is 11.1. The number of hydrogen-bond acceptors (Lipinski definition) is 6. The summed E-state index contributed by atoms with van der Waals surface area (Å²) in [5, 5.41) is 0.782. The van der Waals surface area contributed by atoms with E-state index in [2.05, 4.69) is 9.97 Å². The number of hydrogen-bond donors (Lipinski definition) is 2. The molecule has 112 valence electrons. The Kier molecular flexibility index (Phi) is 3.88. The Labute approximate surface area is 128 Å². The first-order valence-electron chi connectivity index (χ1n) is 6.43. The molecule has 2 aromatic heterocycles. The van der Waals surface area contributed by atoms with Gasteiger partial charge in [-0.2, -0.15) is 0 Å². The van der Waals surface area contributed by atoms with Crippen molar-refractivity contribution in [1.82, 2.24) is 9.97 Å². The van der Waals surface area contributed by atoms with Crippen molar-refractivity contribution in [3.63, 3.8) is 0 Å². The molecular weight excluding hydrogens is 302 g/mol. The lowest BCUT2D eigenvalue weighted by Crippen LogP contribution is -1.93. The summed E-state index contributed by atoms with van der Waals surface area (Å²) in [6, 6.07) is 10.2. The van der Waals surface area contributed by atoms with E-state index in [0.29, 0.717) is 27.8 Å². The van der Waals surface area contributed by atoms with Crippen LogP contribution >= 0.6 is 0 Å². The fraction of sp³-hybridized carbons (Fsp3) is 0.0667. The molecule has 1 N–H and O–H groups in total. The Hall–Kier alpha value is -2.67. The second-order valence-electron chi connectivity index (χ2n) is 4.42. The van der Waals surface area contributed by atoms with Crippen LogP contribution in [0, 0.1) is 4.78 Å². The molecule has 0 spiro atoms. The van der Waals surface area contributed by atoms with Gasteiger partial charge in [-0.25, -0.2) is 9.19 Å². The summed E-state index contributed by atoms with van der Waals surface area (Å²) in [7, 11) is -0.553. The van der Waals surface area contributed by atoms with Crippen molar-refractivity contribution in [2.45, 2.75) is 4.90 Å². The van der Waals surface area contributed by atoms with Crippen molar-refractivity contribution in [2.24, 2.45) is 0 Å². The monoisotopic (exact) mass is 315 g/mol. The molecule has 1 aromatic carbocycles. The van der Waals surface area contributed by atoms with Crippen LogP contribution in [-0.4, -0.2) is 21.3 Å². The van der Waals surface area contributed by atoms with Gasteiger partial charge in [0.25, 0.3) is 0 Å². The van der Waals surface area contributed by atoms with E-state index in [1.54, 1.807) is 48.8 Å². The lowest BCUT2D eigenvalue weighted by Gasteiger charge is -2.10. The molecule has 6 nitrogen and oxygen atoms in total. The van der Waals surface area contributed by atoms with Crippen LogP contribution < -0.4 is 9.47 Å². The molecule has 0 aliphatic heterocycles. The van der Waals surface area contributed by atoms with E-state index >= 15 is 0 Å². The zero-order chi connectivity index (χ0) is 15.5. The van der Waals surface area contributed by atoms with Gasteiger partial charge in [-0.15, -0.1) is 0 Å². The van der Waals surface area contributed by atoms with Gasteiger partial charge in [0.05, 0.1) is 23.1 Å². The molecular formula is C15H13N3O3S. The zero-order valence-corrected chi connectivity index (χ0v) is 12.6. The van der Waals surface area contributed by atoms with Crippen molar-refractivity contribution >= 4 is 21.5 Å².